The van der Waals surface area contributed by atoms with Crippen molar-refractivity contribution in [2.45, 2.75) is 20.8 Å². The van der Waals surface area contributed by atoms with Crippen LogP contribution in [0.3, 0.4) is 0 Å². The Labute approximate surface area is 107 Å². The quantitative estimate of drug-likeness (QED) is 0.762. The summed E-state index contributed by atoms with van der Waals surface area (Å²) in [7, 11) is 0. The van der Waals surface area contributed by atoms with Crippen LogP contribution in [0, 0.1) is 0 Å². The molecule has 94 valence electrons. The lowest BCUT2D eigenvalue weighted by atomic mass is 10.1. The van der Waals surface area contributed by atoms with Gasteiger partial charge in [0, 0.05) is 11.6 Å². The maximum atomic E-state index is 12.0. The molecule has 0 saturated heterocycles. The van der Waals surface area contributed by atoms with Crippen LogP contribution in [0.1, 0.15) is 26.5 Å². The third-order valence-corrected chi connectivity index (χ3v) is 2.49. The predicted molar refractivity (Wildman–Crippen MR) is 77.5 cm³/mol. The van der Waals surface area contributed by atoms with Crippen molar-refractivity contribution in [3.8, 4) is 0 Å². The standard InChI is InChI=1S/C16H18O2/c1-5-9-12(10-6-2)16-11-14(17)13(7-3)15(8-4)18-16/h5-11H,1H2,2-4H3/b10-6-,12-9+,13-7-,15-8+. The summed E-state index contributed by atoms with van der Waals surface area (Å²) in [6, 6.07) is 1.51. The Kier molecular flexibility index (Phi) is 5.12. The maximum absolute atomic E-state index is 12.0. The number of hydrogen-bond donors (Lipinski definition) is 0. The van der Waals surface area contributed by atoms with Gasteiger partial charge in [0.15, 0.2) is 5.43 Å². The number of rotatable bonds is 3. The van der Waals surface area contributed by atoms with E-state index in [-0.39, 0.29) is 5.43 Å². The lowest BCUT2D eigenvalue weighted by molar-refractivity contribution is 0.495. The summed E-state index contributed by atoms with van der Waals surface area (Å²) >= 11 is 0. The van der Waals surface area contributed by atoms with Crippen LogP contribution < -0.4 is 16.1 Å². The normalized spacial score (nSPS) is 14.5. The Hall–Kier alpha value is -2.09. The van der Waals surface area contributed by atoms with Crippen molar-refractivity contribution >= 4 is 17.7 Å². The highest BCUT2D eigenvalue weighted by molar-refractivity contribution is 5.71. The first kappa shape index (κ1) is 14.0. The lowest BCUT2D eigenvalue weighted by Gasteiger charge is -2.01. The number of allylic oxidation sites excluding steroid dienone is 5. The molecule has 0 atom stereocenters. The van der Waals surface area contributed by atoms with Gasteiger partial charge >= 0.3 is 0 Å². The molecule has 0 bridgehead atoms. The van der Waals surface area contributed by atoms with Gasteiger partial charge in [-0.2, -0.15) is 0 Å². The second kappa shape index (κ2) is 6.60. The van der Waals surface area contributed by atoms with Crippen molar-refractivity contribution in [1.82, 2.24) is 0 Å². The SMILES string of the molecule is C=C/C=C(\C=C/C)c1cc(=O)c(=C/C)/c(=C\C)o1. The smallest absolute Gasteiger partial charge is 0.192 e. The van der Waals surface area contributed by atoms with Crippen LogP contribution in [0.2, 0.25) is 0 Å². The van der Waals surface area contributed by atoms with E-state index in [9.17, 15) is 4.79 Å². The lowest BCUT2D eigenvalue weighted by Crippen LogP contribution is -2.38. The van der Waals surface area contributed by atoms with Crippen LogP contribution in [0.25, 0.3) is 17.7 Å². The molecule has 0 fully saturated rings. The largest absolute Gasteiger partial charge is 0.456 e. The average molecular weight is 242 g/mol. The van der Waals surface area contributed by atoms with Gasteiger partial charge in [0.05, 0.1) is 5.22 Å². The summed E-state index contributed by atoms with van der Waals surface area (Å²) in [5.41, 5.74) is 1.39. The fourth-order valence-electron chi connectivity index (χ4n) is 1.69. The van der Waals surface area contributed by atoms with Crippen molar-refractivity contribution in [1.29, 1.82) is 0 Å². The van der Waals surface area contributed by atoms with E-state index in [0.29, 0.717) is 16.4 Å². The van der Waals surface area contributed by atoms with Crippen LogP contribution in [0.4, 0.5) is 0 Å². The molecule has 1 heterocycles. The van der Waals surface area contributed by atoms with Gasteiger partial charge in [0.2, 0.25) is 0 Å². The zero-order valence-corrected chi connectivity index (χ0v) is 11.1. The molecule has 2 nitrogen and oxygen atoms in total. The zero-order chi connectivity index (χ0) is 13.5. The van der Waals surface area contributed by atoms with Gasteiger partial charge in [0.25, 0.3) is 0 Å². The van der Waals surface area contributed by atoms with Gasteiger partial charge < -0.3 is 4.42 Å². The molecule has 18 heavy (non-hydrogen) atoms. The average Bonchev–Trinajstić information content (AvgIpc) is 2.37. The van der Waals surface area contributed by atoms with E-state index in [1.165, 1.54) is 6.07 Å². The Morgan fingerprint density at radius 2 is 2.00 bits per heavy atom. The van der Waals surface area contributed by atoms with Crippen LogP contribution in [0.5, 0.6) is 0 Å². The minimum atomic E-state index is -0.0358. The maximum Gasteiger partial charge on any atom is 0.192 e. The molecule has 0 aliphatic heterocycles. The molecule has 2 heteroatoms. The highest BCUT2D eigenvalue weighted by atomic mass is 16.3. The summed E-state index contributed by atoms with van der Waals surface area (Å²) in [6.45, 7) is 9.25. The first-order valence-electron chi connectivity index (χ1n) is 5.90. The van der Waals surface area contributed by atoms with Crippen LogP contribution in [0.15, 0.2) is 46.2 Å². The van der Waals surface area contributed by atoms with Gasteiger partial charge in [-0.15, -0.1) is 0 Å². The Bertz CT molecular complexity index is 655. The van der Waals surface area contributed by atoms with E-state index in [0.717, 1.165) is 5.57 Å². The highest BCUT2D eigenvalue weighted by Gasteiger charge is 2.03. The molecule has 0 aliphatic carbocycles. The molecule has 0 aliphatic rings. The van der Waals surface area contributed by atoms with Crippen LogP contribution in [-0.4, -0.2) is 0 Å². The predicted octanol–water partition coefficient (Wildman–Crippen LogP) is 2.39. The minimum absolute atomic E-state index is 0.0358. The minimum Gasteiger partial charge on any atom is -0.456 e. The van der Waals surface area contributed by atoms with E-state index in [4.69, 9.17) is 4.42 Å². The topological polar surface area (TPSA) is 30.2 Å². The van der Waals surface area contributed by atoms with Crippen LogP contribution >= 0.6 is 0 Å². The molecule has 0 N–H and O–H groups in total. The molecular formula is C16H18O2. The monoisotopic (exact) mass is 242 g/mol. The Morgan fingerprint density at radius 1 is 1.28 bits per heavy atom. The first-order chi connectivity index (χ1) is 8.67. The molecule has 0 amide bonds. The van der Waals surface area contributed by atoms with Crippen molar-refractivity contribution in [3.63, 3.8) is 0 Å². The van der Waals surface area contributed by atoms with Crippen molar-refractivity contribution in [3.05, 3.63) is 63.6 Å². The zero-order valence-electron chi connectivity index (χ0n) is 11.1. The molecule has 1 rings (SSSR count). The fraction of sp³-hybridized carbons (Fsp3) is 0.188. The molecule has 0 spiro atoms. The van der Waals surface area contributed by atoms with Crippen molar-refractivity contribution in [2.24, 2.45) is 0 Å². The molecular weight excluding hydrogens is 224 g/mol. The first-order valence-corrected chi connectivity index (χ1v) is 5.90. The van der Waals surface area contributed by atoms with Gasteiger partial charge in [-0.05, 0) is 26.8 Å². The fourth-order valence-corrected chi connectivity index (χ4v) is 1.69. The Balaban J connectivity index is 3.65. The van der Waals surface area contributed by atoms with E-state index in [1.807, 2.05) is 39.0 Å². The van der Waals surface area contributed by atoms with Gasteiger partial charge in [0.1, 0.15) is 11.2 Å². The second-order valence-electron chi connectivity index (χ2n) is 3.69. The van der Waals surface area contributed by atoms with Gasteiger partial charge in [-0.3, -0.25) is 4.79 Å². The highest BCUT2D eigenvalue weighted by Crippen LogP contribution is 2.12. The van der Waals surface area contributed by atoms with Crippen molar-refractivity contribution < 1.29 is 4.42 Å². The number of hydrogen-bond acceptors (Lipinski definition) is 2. The summed E-state index contributed by atoms with van der Waals surface area (Å²) in [5, 5.41) is 0.597. The molecule has 1 aromatic rings. The molecule has 0 saturated carbocycles. The summed E-state index contributed by atoms with van der Waals surface area (Å²) in [6.07, 6.45) is 10.8. The van der Waals surface area contributed by atoms with E-state index in [2.05, 4.69) is 6.58 Å². The van der Waals surface area contributed by atoms with E-state index < -0.39 is 0 Å². The van der Waals surface area contributed by atoms with Crippen molar-refractivity contribution in [2.75, 3.05) is 0 Å². The Morgan fingerprint density at radius 3 is 2.50 bits per heavy atom. The summed E-state index contributed by atoms with van der Waals surface area (Å²) in [5.74, 6) is 0.552. The van der Waals surface area contributed by atoms with Gasteiger partial charge in [-0.25, -0.2) is 0 Å². The van der Waals surface area contributed by atoms with Gasteiger partial charge in [-0.1, -0.05) is 37.0 Å². The molecule has 0 unspecified atom stereocenters. The summed E-state index contributed by atoms with van der Waals surface area (Å²) in [4.78, 5) is 12.0. The van der Waals surface area contributed by atoms with Crippen LogP contribution in [-0.2, 0) is 0 Å². The molecule has 1 aromatic heterocycles. The van der Waals surface area contributed by atoms with E-state index in [1.54, 1.807) is 18.2 Å². The van der Waals surface area contributed by atoms with E-state index >= 15 is 0 Å². The third-order valence-electron chi connectivity index (χ3n) is 2.49. The second-order valence-corrected chi connectivity index (χ2v) is 3.69. The molecule has 0 radical (unpaired) electrons. The third kappa shape index (κ3) is 2.98. The summed E-state index contributed by atoms with van der Waals surface area (Å²) < 4.78 is 5.74. The molecule has 0 aromatic carbocycles.